The van der Waals surface area contributed by atoms with Gasteiger partial charge in [0.1, 0.15) is 17.7 Å². The first-order valence-electron chi connectivity index (χ1n) is 7.93. The lowest BCUT2D eigenvalue weighted by Gasteiger charge is -2.30. The highest BCUT2D eigenvalue weighted by molar-refractivity contribution is 5.79. The third-order valence-corrected chi connectivity index (χ3v) is 4.29. The number of nitrogens with zero attached hydrogens (tertiary/aromatic N) is 6. The fraction of sp³-hybridized carbons (Fsp3) is 0.222. The smallest absolute Gasteiger partial charge is 0.113 e. The maximum Gasteiger partial charge on any atom is 0.113 e. The molecular formula is C18H14N6O. The summed E-state index contributed by atoms with van der Waals surface area (Å²) in [5.41, 5.74) is 3.91. The van der Waals surface area contributed by atoms with Gasteiger partial charge < -0.3 is 9.64 Å². The molecule has 7 nitrogen and oxygen atoms in total. The molecule has 0 atom stereocenters. The second kappa shape index (κ2) is 6.23. The summed E-state index contributed by atoms with van der Waals surface area (Å²) >= 11 is 0. The molecule has 4 rings (SSSR count). The first-order valence-corrected chi connectivity index (χ1v) is 7.93. The van der Waals surface area contributed by atoms with E-state index in [1.807, 2.05) is 24.3 Å². The van der Waals surface area contributed by atoms with Crippen LogP contribution >= 0.6 is 0 Å². The van der Waals surface area contributed by atoms with Crippen LogP contribution < -0.4 is 4.90 Å². The minimum Gasteiger partial charge on any atom is -0.378 e. The lowest BCUT2D eigenvalue weighted by Crippen LogP contribution is -2.37. The Morgan fingerprint density at radius 3 is 2.36 bits per heavy atom. The quantitative estimate of drug-likeness (QED) is 0.714. The van der Waals surface area contributed by atoms with E-state index in [1.165, 1.54) is 0 Å². The molecule has 0 amide bonds. The second-order valence-electron chi connectivity index (χ2n) is 5.70. The highest BCUT2D eigenvalue weighted by atomic mass is 16.5. The largest absolute Gasteiger partial charge is 0.378 e. The molecule has 3 aromatic rings. The van der Waals surface area contributed by atoms with Gasteiger partial charge in [-0.1, -0.05) is 17.3 Å². The molecular weight excluding hydrogens is 316 g/mol. The van der Waals surface area contributed by atoms with E-state index in [9.17, 15) is 10.5 Å². The van der Waals surface area contributed by atoms with Gasteiger partial charge in [0.15, 0.2) is 0 Å². The summed E-state index contributed by atoms with van der Waals surface area (Å²) in [5.74, 6) is 0. The second-order valence-corrected chi connectivity index (χ2v) is 5.70. The van der Waals surface area contributed by atoms with Gasteiger partial charge in [-0.2, -0.15) is 10.5 Å². The highest BCUT2D eigenvalue weighted by Gasteiger charge is 2.20. The Morgan fingerprint density at radius 2 is 1.64 bits per heavy atom. The van der Waals surface area contributed by atoms with Gasteiger partial charge in [0.05, 0.1) is 41.2 Å². The third kappa shape index (κ3) is 2.57. The van der Waals surface area contributed by atoms with Crippen LogP contribution in [-0.2, 0) is 4.74 Å². The van der Waals surface area contributed by atoms with Gasteiger partial charge in [0, 0.05) is 13.1 Å². The third-order valence-electron chi connectivity index (χ3n) is 4.29. The van der Waals surface area contributed by atoms with Crippen LogP contribution in [0.25, 0.3) is 16.7 Å². The van der Waals surface area contributed by atoms with E-state index in [0.717, 1.165) is 35.5 Å². The summed E-state index contributed by atoms with van der Waals surface area (Å²) in [6.07, 6.45) is 0. The van der Waals surface area contributed by atoms with Crippen LogP contribution in [0.5, 0.6) is 0 Å². The molecule has 1 saturated heterocycles. The van der Waals surface area contributed by atoms with Crippen molar-refractivity contribution in [2.75, 3.05) is 31.2 Å². The van der Waals surface area contributed by atoms with Gasteiger partial charge in [0.25, 0.3) is 0 Å². The normalized spacial score (nSPS) is 14.2. The Balaban J connectivity index is 1.96. The average Bonchev–Trinajstić information content (AvgIpc) is 3.11. The van der Waals surface area contributed by atoms with Gasteiger partial charge in [-0.3, -0.25) is 0 Å². The van der Waals surface area contributed by atoms with Crippen LogP contribution in [-0.4, -0.2) is 41.3 Å². The Hall–Kier alpha value is -3.42. The predicted molar refractivity (Wildman–Crippen MR) is 91.3 cm³/mol. The van der Waals surface area contributed by atoms with E-state index in [1.54, 1.807) is 16.8 Å². The van der Waals surface area contributed by atoms with E-state index >= 15 is 0 Å². The molecule has 7 heteroatoms. The molecule has 0 bridgehead atoms. The van der Waals surface area contributed by atoms with Crippen molar-refractivity contribution in [2.45, 2.75) is 0 Å². The van der Waals surface area contributed by atoms with Crippen molar-refractivity contribution in [2.24, 2.45) is 0 Å². The Morgan fingerprint density at radius 1 is 0.960 bits per heavy atom. The summed E-state index contributed by atoms with van der Waals surface area (Å²) in [7, 11) is 0. The zero-order valence-corrected chi connectivity index (χ0v) is 13.4. The Bertz CT molecular complexity index is 1020. The molecule has 1 aliphatic rings. The van der Waals surface area contributed by atoms with Crippen LogP contribution in [0.4, 0.5) is 5.69 Å². The standard InChI is InChI=1S/C18H14N6O/c19-11-13-9-17(23-5-7-25-8-6-23)18(10-14(13)12-20)24-16-4-2-1-3-15(16)21-22-24/h1-4,9-10H,5-8H2. The molecule has 1 aromatic heterocycles. The topological polar surface area (TPSA) is 90.8 Å². The van der Waals surface area contributed by atoms with E-state index < -0.39 is 0 Å². The van der Waals surface area contributed by atoms with Crippen LogP contribution in [0.3, 0.4) is 0 Å². The van der Waals surface area contributed by atoms with Crippen molar-refractivity contribution in [1.29, 1.82) is 10.5 Å². The van der Waals surface area contributed by atoms with E-state index in [2.05, 4.69) is 27.4 Å². The van der Waals surface area contributed by atoms with Crippen LogP contribution in [0.1, 0.15) is 11.1 Å². The number of rotatable bonds is 2. The maximum absolute atomic E-state index is 9.41. The van der Waals surface area contributed by atoms with Crippen molar-refractivity contribution in [3.63, 3.8) is 0 Å². The number of hydrogen-bond donors (Lipinski definition) is 0. The summed E-state index contributed by atoms with van der Waals surface area (Å²) in [5, 5.41) is 27.3. The fourth-order valence-electron chi connectivity index (χ4n) is 3.04. The van der Waals surface area contributed by atoms with Crippen molar-refractivity contribution in [3.8, 4) is 17.8 Å². The number of nitriles is 2. The predicted octanol–water partition coefficient (Wildman–Crippen LogP) is 2.00. The van der Waals surface area contributed by atoms with Gasteiger partial charge in [-0.15, -0.1) is 5.10 Å². The van der Waals surface area contributed by atoms with Crippen LogP contribution in [0.2, 0.25) is 0 Å². The fourth-order valence-corrected chi connectivity index (χ4v) is 3.04. The molecule has 0 unspecified atom stereocenters. The first-order chi connectivity index (χ1) is 12.3. The lowest BCUT2D eigenvalue weighted by atomic mass is 10.1. The molecule has 0 radical (unpaired) electrons. The van der Waals surface area contributed by atoms with Crippen LogP contribution in [0, 0.1) is 22.7 Å². The van der Waals surface area contributed by atoms with Crippen LogP contribution in [0.15, 0.2) is 36.4 Å². The van der Waals surface area contributed by atoms with E-state index in [0.29, 0.717) is 24.3 Å². The SMILES string of the molecule is N#Cc1cc(N2CCOCC2)c(-n2nnc3ccccc32)cc1C#N. The molecule has 0 saturated carbocycles. The van der Waals surface area contributed by atoms with E-state index in [-0.39, 0.29) is 0 Å². The summed E-state index contributed by atoms with van der Waals surface area (Å²) in [6, 6.07) is 15.3. The van der Waals surface area contributed by atoms with Gasteiger partial charge >= 0.3 is 0 Å². The summed E-state index contributed by atoms with van der Waals surface area (Å²) in [6.45, 7) is 2.69. The molecule has 0 N–H and O–H groups in total. The van der Waals surface area contributed by atoms with Crippen molar-refractivity contribution in [3.05, 3.63) is 47.5 Å². The number of ether oxygens (including phenoxy) is 1. The average molecular weight is 330 g/mol. The Labute approximate surface area is 144 Å². The maximum atomic E-state index is 9.41. The number of aromatic nitrogens is 3. The summed E-state index contributed by atoms with van der Waals surface area (Å²) in [4.78, 5) is 2.15. The number of morpholine rings is 1. The molecule has 0 aliphatic carbocycles. The molecule has 25 heavy (non-hydrogen) atoms. The molecule has 2 aromatic carbocycles. The van der Waals surface area contributed by atoms with Crippen molar-refractivity contribution in [1.82, 2.24) is 15.0 Å². The van der Waals surface area contributed by atoms with Gasteiger partial charge in [0.2, 0.25) is 0 Å². The Kier molecular flexibility index (Phi) is 3.77. The lowest BCUT2D eigenvalue weighted by molar-refractivity contribution is 0.122. The molecule has 1 fully saturated rings. The number of fused-ring (bicyclic) bond motifs is 1. The minimum atomic E-state index is 0.328. The zero-order chi connectivity index (χ0) is 17.2. The van der Waals surface area contributed by atoms with Crippen molar-refractivity contribution < 1.29 is 4.74 Å². The van der Waals surface area contributed by atoms with Gasteiger partial charge in [-0.25, -0.2) is 4.68 Å². The minimum absolute atomic E-state index is 0.328. The molecule has 1 aliphatic heterocycles. The van der Waals surface area contributed by atoms with Crippen molar-refractivity contribution >= 4 is 16.7 Å². The molecule has 2 heterocycles. The van der Waals surface area contributed by atoms with Gasteiger partial charge in [-0.05, 0) is 24.3 Å². The number of para-hydroxylation sites is 1. The first kappa shape index (κ1) is 15.1. The number of benzene rings is 2. The highest BCUT2D eigenvalue weighted by Crippen LogP contribution is 2.30. The van der Waals surface area contributed by atoms with E-state index in [4.69, 9.17) is 4.74 Å². The molecule has 0 spiro atoms. The summed E-state index contributed by atoms with van der Waals surface area (Å²) < 4.78 is 7.15. The number of hydrogen-bond acceptors (Lipinski definition) is 6. The zero-order valence-electron chi connectivity index (χ0n) is 13.4. The number of anilines is 1. The monoisotopic (exact) mass is 330 g/mol. The molecule has 122 valence electrons.